The Balaban J connectivity index is 3.13. The fourth-order valence-electron chi connectivity index (χ4n) is 0.832. The third-order valence-electron chi connectivity index (χ3n) is 1.65. The largest absolute Gasteiger partial charge is 0.477 e. The molecule has 0 radical (unpaired) electrons. The lowest BCUT2D eigenvalue weighted by Gasteiger charge is -2.08. The lowest BCUT2D eigenvalue weighted by atomic mass is 10.3. The van der Waals surface area contributed by atoms with Crippen molar-refractivity contribution in [2.24, 2.45) is 0 Å². The van der Waals surface area contributed by atoms with Crippen LogP contribution < -0.4 is 0 Å². The van der Waals surface area contributed by atoms with E-state index in [0.717, 1.165) is 0 Å². The predicted octanol–water partition coefficient (Wildman–Crippen LogP) is 1.54. The first-order chi connectivity index (χ1) is 6.54. The Bertz CT molecular complexity index is 356. The Morgan fingerprint density at radius 3 is 2.79 bits per heavy atom. The average molecular weight is 217 g/mol. The van der Waals surface area contributed by atoms with Crippen LogP contribution in [0.4, 0.5) is 0 Å². The molecule has 1 atom stereocenters. The lowest BCUT2D eigenvalue weighted by Crippen LogP contribution is -2.08. The van der Waals surface area contributed by atoms with Gasteiger partial charge in [-0.2, -0.15) is 0 Å². The summed E-state index contributed by atoms with van der Waals surface area (Å²) < 4.78 is 4.95. The van der Waals surface area contributed by atoms with Crippen LogP contribution in [0.25, 0.3) is 0 Å². The predicted molar refractivity (Wildman–Crippen MR) is 49.4 cm³/mol. The highest BCUT2D eigenvalue weighted by atomic mass is 35.5. The first kappa shape index (κ1) is 10.9. The van der Waals surface area contributed by atoms with Crippen LogP contribution in [0.2, 0.25) is 5.15 Å². The monoisotopic (exact) mass is 216 g/mol. The molecule has 0 aliphatic carbocycles. The minimum Gasteiger partial charge on any atom is -0.477 e. The van der Waals surface area contributed by atoms with Crippen molar-refractivity contribution in [2.45, 2.75) is 13.0 Å². The van der Waals surface area contributed by atoms with E-state index in [1.165, 1.54) is 13.2 Å². The maximum Gasteiger partial charge on any atom is 0.354 e. The Morgan fingerprint density at radius 1 is 1.64 bits per heavy atom. The molecule has 1 aromatic heterocycles. The smallest absolute Gasteiger partial charge is 0.354 e. The van der Waals surface area contributed by atoms with Crippen molar-refractivity contribution in [3.63, 3.8) is 0 Å². The van der Waals surface area contributed by atoms with Crippen LogP contribution in [0.15, 0.2) is 6.07 Å². The summed E-state index contributed by atoms with van der Waals surface area (Å²) in [6.45, 7) is 1.71. The molecule has 1 heterocycles. The molecule has 76 valence electrons. The van der Waals surface area contributed by atoms with Crippen LogP contribution in [-0.2, 0) is 4.74 Å². The third-order valence-corrected chi connectivity index (χ3v) is 1.84. The van der Waals surface area contributed by atoms with Gasteiger partial charge in [0.05, 0.1) is 0 Å². The van der Waals surface area contributed by atoms with Crippen molar-refractivity contribution in [3.05, 3.63) is 22.7 Å². The molecule has 0 aliphatic rings. The molecule has 1 rings (SSSR count). The van der Waals surface area contributed by atoms with Crippen LogP contribution in [0, 0.1) is 0 Å². The summed E-state index contributed by atoms with van der Waals surface area (Å²) in [4.78, 5) is 18.3. The fourth-order valence-corrected chi connectivity index (χ4v) is 1.02. The van der Waals surface area contributed by atoms with E-state index in [4.69, 9.17) is 21.4 Å². The summed E-state index contributed by atoms with van der Waals surface area (Å²) >= 11 is 5.63. The van der Waals surface area contributed by atoms with Crippen LogP contribution in [0.3, 0.4) is 0 Å². The first-order valence-corrected chi connectivity index (χ1v) is 4.23. The molecule has 14 heavy (non-hydrogen) atoms. The van der Waals surface area contributed by atoms with E-state index in [0.29, 0.717) is 0 Å². The minimum absolute atomic E-state index is 0.0938. The van der Waals surface area contributed by atoms with Crippen molar-refractivity contribution >= 4 is 17.6 Å². The van der Waals surface area contributed by atoms with Gasteiger partial charge in [0.15, 0.2) is 11.5 Å². The van der Waals surface area contributed by atoms with Gasteiger partial charge in [0.25, 0.3) is 0 Å². The van der Waals surface area contributed by atoms with E-state index in [1.54, 1.807) is 6.92 Å². The SMILES string of the molecule is COC(C)c1nc(Cl)cc(C(=O)O)n1. The quantitative estimate of drug-likeness (QED) is 0.776. The number of hydrogen-bond acceptors (Lipinski definition) is 4. The van der Waals surface area contributed by atoms with E-state index in [-0.39, 0.29) is 22.8 Å². The van der Waals surface area contributed by atoms with E-state index in [1.807, 2.05) is 0 Å². The zero-order chi connectivity index (χ0) is 10.7. The molecule has 1 N–H and O–H groups in total. The van der Waals surface area contributed by atoms with Crippen molar-refractivity contribution in [1.82, 2.24) is 9.97 Å². The highest BCUT2D eigenvalue weighted by molar-refractivity contribution is 6.29. The van der Waals surface area contributed by atoms with Gasteiger partial charge in [-0.05, 0) is 6.92 Å². The number of carboxylic acid groups (broad SMARTS) is 1. The van der Waals surface area contributed by atoms with Gasteiger partial charge in [-0.1, -0.05) is 11.6 Å². The summed E-state index contributed by atoms with van der Waals surface area (Å²) in [7, 11) is 1.48. The van der Waals surface area contributed by atoms with Gasteiger partial charge < -0.3 is 9.84 Å². The van der Waals surface area contributed by atoms with Crippen LogP contribution in [0.5, 0.6) is 0 Å². The molecule has 0 spiro atoms. The van der Waals surface area contributed by atoms with E-state index in [9.17, 15) is 4.79 Å². The maximum atomic E-state index is 10.6. The number of carbonyl (C=O) groups is 1. The van der Waals surface area contributed by atoms with E-state index >= 15 is 0 Å². The van der Waals surface area contributed by atoms with Crippen molar-refractivity contribution in [1.29, 1.82) is 0 Å². The van der Waals surface area contributed by atoms with Gasteiger partial charge in [0.1, 0.15) is 11.3 Å². The number of aromatic nitrogens is 2. The number of carboxylic acids is 1. The average Bonchev–Trinajstić information content (AvgIpc) is 2.15. The summed E-state index contributed by atoms with van der Waals surface area (Å²) in [5.74, 6) is -0.878. The molecular formula is C8H9ClN2O3. The molecule has 5 nitrogen and oxygen atoms in total. The third kappa shape index (κ3) is 2.40. The summed E-state index contributed by atoms with van der Waals surface area (Å²) in [5.41, 5.74) is -0.135. The van der Waals surface area contributed by atoms with Crippen LogP contribution in [-0.4, -0.2) is 28.2 Å². The molecule has 0 bridgehead atoms. The number of hydrogen-bond donors (Lipinski definition) is 1. The van der Waals surface area contributed by atoms with Crippen LogP contribution >= 0.6 is 11.6 Å². The highest BCUT2D eigenvalue weighted by Crippen LogP contribution is 2.14. The number of aromatic carboxylic acids is 1. The van der Waals surface area contributed by atoms with Gasteiger partial charge in [0.2, 0.25) is 0 Å². The Hall–Kier alpha value is -1.20. The Kier molecular flexibility index (Phi) is 3.38. The Labute approximate surface area is 85.7 Å². The van der Waals surface area contributed by atoms with Crippen molar-refractivity contribution in [2.75, 3.05) is 7.11 Å². The summed E-state index contributed by atoms with van der Waals surface area (Å²) in [5, 5.41) is 8.79. The second kappa shape index (κ2) is 4.34. The number of halogens is 1. The van der Waals surface area contributed by atoms with Crippen molar-refractivity contribution < 1.29 is 14.6 Å². The standard InChI is InChI=1S/C8H9ClN2O3/c1-4(14-2)7-10-5(8(12)13)3-6(9)11-7/h3-4H,1-2H3,(H,12,13). The zero-order valence-electron chi connectivity index (χ0n) is 7.69. The number of rotatable bonds is 3. The second-order valence-corrected chi connectivity index (χ2v) is 3.00. The number of methoxy groups -OCH3 is 1. The topological polar surface area (TPSA) is 72.3 Å². The highest BCUT2D eigenvalue weighted by Gasteiger charge is 2.13. The molecule has 0 fully saturated rings. The van der Waals surface area contributed by atoms with Gasteiger partial charge in [-0.15, -0.1) is 0 Å². The molecule has 0 saturated carbocycles. The van der Waals surface area contributed by atoms with E-state index < -0.39 is 5.97 Å². The molecule has 6 heteroatoms. The Morgan fingerprint density at radius 2 is 2.29 bits per heavy atom. The minimum atomic E-state index is -1.14. The lowest BCUT2D eigenvalue weighted by molar-refractivity contribution is 0.0687. The molecule has 1 unspecified atom stereocenters. The summed E-state index contributed by atoms with van der Waals surface area (Å²) in [6, 6.07) is 1.19. The van der Waals surface area contributed by atoms with Crippen LogP contribution in [0.1, 0.15) is 29.3 Å². The normalized spacial score (nSPS) is 12.5. The number of ether oxygens (including phenoxy) is 1. The van der Waals surface area contributed by atoms with Gasteiger partial charge in [-0.3, -0.25) is 0 Å². The van der Waals surface area contributed by atoms with Crippen molar-refractivity contribution in [3.8, 4) is 0 Å². The van der Waals surface area contributed by atoms with E-state index in [2.05, 4.69) is 9.97 Å². The molecule has 0 aromatic carbocycles. The zero-order valence-corrected chi connectivity index (χ0v) is 8.45. The first-order valence-electron chi connectivity index (χ1n) is 3.85. The molecule has 0 saturated heterocycles. The fraction of sp³-hybridized carbons (Fsp3) is 0.375. The second-order valence-electron chi connectivity index (χ2n) is 2.62. The molecule has 1 aromatic rings. The van der Waals surface area contributed by atoms with Gasteiger partial charge in [-0.25, -0.2) is 14.8 Å². The number of nitrogens with zero attached hydrogens (tertiary/aromatic N) is 2. The van der Waals surface area contributed by atoms with Gasteiger partial charge >= 0.3 is 5.97 Å². The molecular weight excluding hydrogens is 208 g/mol. The molecule has 0 amide bonds. The van der Waals surface area contributed by atoms with Gasteiger partial charge in [0, 0.05) is 13.2 Å². The maximum absolute atomic E-state index is 10.6. The summed E-state index contributed by atoms with van der Waals surface area (Å²) in [6.07, 6.45) is -0.383. The molecule has 0 aliphatic heterocycles.